The summed E-state index contributed by atoms with van der Waals surface area (Å²) in [5.41, 5.74) is 8.17. The standard InChI is InChI=1S/C19H20N2O3/c1-12-5-2-3-8-15(12)16-10-17(16)19(23)21-13-6-4-7-14(9-13)24-11-18(20)22/h2-9,16-17H,10-11H2,1H3,(H2,20,22)(H,21,23)/t16-,17-/m0/s1. The lowest BCUT2D eigenvalue weighted by Crippen LogP contribution is -2.20. The van der Waals surface area contributed by atoms with Gasteiger partial charge >= 0.3 is 0 Å². The zero-order chi connectivity index (χ0) is 17.1. The molecule has 5 nitrogen and oxygen atoms in total. The third kappa shape index (κ3) is 3.74. The lowest BCUT2D eigenvalue weighted by molar-refractivity contribution is -0.120. The van der Waals surface area contributed by atoms with E-state index in [1.807, 2.05) is 12.1 Å². The van der Waals surface area contributed by atoms with Crippen molar-refractivity contribution in [2.24, 2.45) is 11.7 Å². The molecule has 0 unspecified atom stereocenters. The molecule has 2 atom stereocenters. The summed E-state index contributed by atoms with van der Waals surface area (Å²) in [7, 11) is 0. The molecular weight excluding hydrogens is 304 g/mol. The molecule has 2 aromatic rings. The van der Waals surface area contributed by atoms with Gasteiger partial charge in [0.2, 0.25) is 5.91 Å². The minimum atomic E-state index is -0.538. The van der Waals surface area contributed by atoms with E-state index in [9.17, 15) is 9.59 Å². The van der Waals surface area contributed by atoms with E-state index in [0.29, 0.717) is 17.4 Å². The number of benzene rings is 2. The number of carbonyl (C=O) groups is 2. The minimum absolute atomic E-state index is 0.00120. The smallest absolute Gasteiger partial charge is 0.255 e. The van der Waals surface area contributed by atoms with E-state index in [4.69, 9.17) is 10.5 Å². The van der Waals surface area contributed by atoms with Crippen molar-refractivity contribution in [1.82, 2.24) is 0 Å². The van der Waals surface area contributed by atoms with Gasteiger partial charge in [0, 0.05) is 17.7 Å². The van der Waals surface area contributed by atoms with Gasteiger partial charge in [-0.15, -0.1) is 0 Å². The molecule has 0 saturated heterocycles. The summed E-state index contributed by atoms with van der Waals surface area (Å²) in [5.74, 6) is 0.262. The van der Waals surface area contributed by atoms with Crippen LogP contribution >= 0.6 is 0 Å². The Morgan fingerprint density at radius 2 is 2.00 bits per heavy atom. The number of amides is 2. The number of aryl methyl sites for hydroxylation is 1. The monoisotopic (exact) mass is 324 g/mol. The molecule has 1 aliphatic rings. The van der Waals surface area contributed by atoms with Crippen LogP contribution in [0.4, 0.5) is 5.69 Å². The lowest BCUT2D eigenvalue weighted by atomic mass is 10.0. The molecule has 0 radical (unpaired) electrons. The van der Waals surface area contributed by atoms with Crippen LogP contribution in [0.25, 0.3) is 0 Å². The fraction of sp³-hybridized carbons (Fsp3) is 0.263. The highest BCUT2D eigenvalue weighted by molar-refractivity contribution is 5.95. The van der Waals surface area contributed by atoms with Gasteiger partial charge in [-0.05, 0) is 42.5 Å². The molecule has 1 aliphatic carbocycles. The normalized spacial score (nSPS) is 18.7. The van der Waals surface area contributed by atoms with Crippen LogP contribution in [0.2, 0.25) is 0 Å². The fourth-order valence-corrected chi connectivity index (χ4v) is 2.88. The summed E-state index contributed by atoms with van der Waals surface area (Å²) < 4.78 is 5.25. The van der Waals surface area contributed by atoms with Gasteiger partial charge in [-0.2, -0.15) is 0 Å². The first kappa shape index (κ1) is 16.1. The largest absolute Gasteiger partial charge is 0.484 e. The second-order valence-corrected chi connectivity index (χ2v) is 6.08. The third-order valence-corrected chi connectivity index (χ3v) is 4.20. The van der Waals surface area contributed by atoms with Crippen molar-refractivity contribution < 1.29 is 14.3 Å². The van der Waals surface area contributed by atoms with Crippen LogP contribution < -0.4 is 15.8 Å². The van der Waals surface area contributed by atoms with Gasteiger partial charge in [-0.3, -0.25) is 9.59 Å². The van der Waals surface area contributed by atoms with Crippen LogP contribution in [-0.4, -0.2) is 18.4 Å². The van der Waals surface area contributed by atoms with Gasteiger partial charge < -0.3 is 15.8 Å². The highest BCUT2D eigenvalue weighted by atomic mass is 16.5. The Balaban J connectivity index is 1.61. The molecule has 3 rings (SSSR count). The number of ether oxygens (including phenoxy) is 1. The molecule has 0 aliphatic heterocycles. The Labute approximate surface area is 140 Å². The molecule has 0 aromatic heterocycles. The molecule has 1 saturated carbocycles. The Morgan fingerprint density at radius 1 is 1.21 bits per heavy atom. The Bertz CT molecular complexity index is 773. The number of hydrogen-bond acceptors (Lipinski definition) is 3. The van der Waals surface area contributed by atoms with Gasteiger partial charge in [-0.1, -0.05) is 30.3 Å². The molecule has 2 amide bonds. The average molecular weight is 324 g/mol. The highest BCUT2D eigenvalue weighted by Crippen LogP contribution is 2.48. The molecule has 24 heavy (non-hydrogen) atoms. The number of nitrogens with one attached hydrogen (secondary N) is 1. The molecular formula is C19H20N2O3. The quantitative estimate of drug-likeness (QED) is 0.857. The third-order valence-electron chi connectivity index (χ3n) is 4.20. The molecule has 1 fully saturated rings. The first-order chi connectivity index (χ1) is 11.5. The van der Waals surface area contributed by atoms with Gasteiger partial charge in [0.1, 0.15) is 5.75 Å². The molecule has 2 aromatic carbocycles. The topological polar surface area (TPSA) is 81.4 Å². The van der Waals surface area contributed by atoms with Crippen molar-refractivity contribution in [1.29, 1.82) is 0 Å². The molecule has 3 N–H and O–H groups in total. The van der Waals surface area contributed by atoms with Crippen molar-refractivity contribution in [3.63, 3.8) is 0 Å². The Hall–Kier alpha value is -2.82. The molecule has 5 heteroatoms. The maximum absolute atomic E-state index is 12.4. The number of rotatable bonds is 6. The van der Waals surface area contributed by atoms with Crippen molar-refractivity contribution in [2.45, 2.75) is 19.3 Å². The first-order valence-corrected chi connectivity index (χ1v) is 7.92. The second kappa shape index (κ2) is 6.74. The van der Waals surface area contributed by atoms with Gasteiger partial charge in [0.25, 0.3) is 5.91 Å². The summed E-state index contributed by atoms with van der Waals surface area (Å²) >= 11 is 0. The number of hydrogen-bond donors (Lipinski definition) is 2. The van der Waals surface area contributed by atoms with Crippen LogP contribution in [0.1, 0.15) is 23.5 Å². The van der Waals surface area contributed by atoms with Crippen molar-refractivity contribution >= 4 is 17.5 Å². The minimum Gasteiger partial charge on any atom is -0.484 e. The van der Waals surface area contributed by atoms with E-state index in [1.165, 1.54) is 11.1 Å². The maximum Gasteiger partial charge on any atom is 0.255 e. The summed E-state index contributed by atoms with van der Waals surface area (Å²) in [5, 5.41) is 2.92. The van der Waals surface area contributed by atoms with E-state index in [2.05, 4.69) is 24.4 Å². The van der Waals surface area contributed by atoms with Crippen molar-refractivity contribution in [3.8, 4) is 5.75 Å². The fourth-order valence-electron chi connectivity index (χ4n) is 2.88. The van der Waals surface area contributed by atoms with E-state index in [-0.39, 0.29) is 18.4 Å². The lowest BCUT2D eigenvalue weighted by Gasteiger charge is -2.09. The highest BCUT2D eigenvalue weighted by Gasteiger charge is 2.44. The molecule has 0 spiro atoms. The zero-order valence-corrected chi connectivity index (χ0v) is 13.5. The number of primary amides is 1. The number of carbonyl (C=O) groups excluding carboxylic acids is 2. The Morgan fingerprint density at radius 3 is 2.75 bits per heavy atom. The molecule has 124 valence electrons. The van der Waals surface area contributed by atoms with Gasteiger partial charge in [0.05, 0.1) is 0 Å². The maximum atomic E-state index is 12.4. The predicted octanol–water partition coefficient (Wildman–Crippen LogP) is 2.60. The average Bonchev–Trinajstić information content (AvgIpc) is 3.34. The number of nitrogens with two attached hydrogens (primary N) is 1. The van der Waals surface area contributed by atoms with E-state index in [1.54, 1.807) is 24.3 Å². The van der Waals surface area contributed by atoms with Crippen LogP contribution in [0, 0.1) is 12.8 Å². The summed E-state index contributed by atoms with van der Waals surface area (Å²) in [4.78, 5) is 23.2. The van der Waals surface area contributed by atoms with Crippen molar-refractivity contribution in [3.05, 3.63) is 59.7 Å². The SMILES string of the molecule is Cc1ccccc1[C@@H]1C[C@@H]1C(=O)Nc1cccc(OCC(N)=O)c1. The van der Waals surface area contributed by atoms with Gasteiger partial charge in [-0.25, -0.2) is 0 Å². The van der Waals surface area contributed by atoms with Crippen LogP contribution in [-0.2, 0) is 9.59 Å². The second-order valence-electron chi connectivity index (χ2n) is 6.08. The van der Waals surface area contributed by atoms with Gasteiger partial charge in [0.15, 0.2) is 6.61 Å². The summed E-state index contributed by atoms with van der Waals surface area (Å²) in [6, 6.07) is 15.1. The number of anilines is 1. The van der Waals surface area contributed by atoms with Crippen LogP contribution in [0.3, 0.4) is 0 Å². The predicted molar refractivity (Wildman–Crippen MR) is 91.8 cm³/mol. The Kier molecular flexibility index (Phi) is 4.51. The summed E-state index contributed by atoms with van der Waals surface area (Å²) in [6.45, 7) is 1.89. The zero-order valence-electron chi connectivity index (χ0n) is 13.5. The van der Waals surface area contributed by atoms with Crippen LogP contribution in [0.15, 0.2) is 48.5 Å². The first-order valence-electron chi connectivity index (χ1n) is 7.92. The van der Waals surface area contributed by atoms with E-state index >= 15 is 0 Å². The van der Waals surface area contributed by atoms with E-state index in [0.717, 1.165) is 6.42 Å². The molecule has 0 heterocycles. The van der Waals surface area contributed by atoms with Crippen molar-refractivity contribution in [2.75, 3.05) is 11.9 Å². The summed E-state index contributed by atoms with van der Waals surface area (Å²) in [6.07, 6.45) is 0.870. The van der Waals surface area contributed by atoms with Crippen LogP contribution in [0.5, 0.6) is 5.75 Å². The molecule has 0 bridgehead atoms. The van der Waals surface area contributed by atoms with E-state index < -0.39 is 5.91 Å².